The molecule has 0 bridgehead atoms. The molecule has 0 saturated carbocycles. The van der Waals surface area contributed by atoms with Crippen molar-refractivity contribution < 1.29 is 10.2 Å². The molecule has 0 aromatic heterocycles. The Morgan fingerprint density at radius 1 is 1.38 bits per heavy atom. The molecule has 3 N–H and O–H groups in total. The number of rotatable bonds is 7. The van der Waals surface area contributed by atoms with Crippen LogP contribution in [0.15, 0.2) is 0 Å². The molecule has 0 aliphatic heterocycles. The fourth-order valence-corrected chi connectivity index (χ4v) is 1.25. The molecule has 80 valence electrons. The van der Waals surface area contributed by atoms with Gasteiger partial charge in [-0.25, -0.2) is 0 Å². The second-order valence-electron chi connectivity index (χ2n) is 4.28. The van der Waals surface area contributed by atoms with Crippen molar-refractivity contribution in [3.05, 3.63) is 0 Å². The maximum absolute atomic E-state index is 9.45. The van der Waals surface area contributed by atoms with E-state index in [1.54, 1.807) is 0 Å². The Morgan fingerprint density at radius 3 is 2.46 bits per heavy atom. The van der Waals surface area contributed by atoms with Crippen LogP contribution in [0.3, 0.4) is 0 Å². The highest BCUT2D eigenvalue weighted by atomic mass is 16.3. The minimum absolute atomic E-state index is 0.190. The monoisotopic (exact) mass is 189 g/mol. The van der Waals surface area contributed by atoms with E-state index in [1.165, 1.54) is 0 Å². The molecule has 3 nitrogen and oxygen atoms in total. The Kier molecular flexibility index (Phi) is 6.29. The molecular weight excluding hydrogens is 166 g/mol. The van der Waals surface area contributed by atoms with Gasteiger partial charge in [-0.05, 0) is 40.0 Å². The summed E-state index contributed by atoms with van der Waals surface area (Å²) in [6.07, 6.45) is 2.89. The topological polar surface area (TPSA) is 52.5 Å². The third-order valence-corrected chi connectivity index (χ3v) is 2.03. The SMILES string of the molecule is C[C@@H](CCCC(C)(C)O)NCCO. The van der Waals surface area contributed by atoms with Gasteiger partial charge in [-0.1, -0.05) is 0 Å². The standard InChI is InChI=1S/C10H23NO2/c1-9(11-7-8-12)5-4-6-10(2,3)13/h9,11-13H,4-8H2,1-3H3/t9-/m0/s1. The van der Waals surface area contributed by atoms with Crippen molar-refractivity contribution >= 4 is 0 Å². The Balaban J connectivity index is 3.31. The van der Waals surface area contributed by atoms with E-state index in [4.69, 9.17) is 5.11 Å². The molecule has 0 amide bonds. The minimum atomic E-state index is -0.545. The first-order valence-electron chi connectivity index (χ1n) is 5.02. The maximum atomic E-state index is 9.45. The molecule has 0 aromatic carbocycles. The maximum Gasteiger partial charge on any atom is 0.0591 e. The molecule has 0 saturated heterocycles. The zero-order chi connectivity index (χ0) is 10.3. The molecule has 0 unspecified atom stereocenters. The Bertz CT molecular complexity index is 121. The summed E-state index contributed by atoms with van der Waals surface area (Å²) in [6.45, 7) is 6.61. The van der Waals surface area contributed by atoms with E-state index in [0.29, 0.717) is 12.6 Å². The van der Waals surface area contributed by atoms with E-state index in [2.05, 4.69) is 12.2 Å². The summed E-state index contributed by atoms with van der Waals surface area (Å²) < 4.78 is 0. The largest absolute Gasteiger partial charge is 0.395 e. The van der Waals surface area contributed by atoms with E-state index in [9.17, 15) is 5.11 Å². The second kappa shape index (κ2) is 6.35. The van der Waals surface area contributed by atoms with Crippen molar-refractivity contribution in [1.29, 1.82) is 0 Å². The van der Waals surface area contributed by atoms with Crippen molar-refractivity contribution in [3.63, 3.8) is 0 Å². The highest BCUT2D eigenvalue weighted by Crippen LogP contribution is 2.12. The van der Waals surface area contributed by atoms with Crippen LogP contribution in [-0.4, -0.2) is 35.0 Å². The average Bonchev–Trinajstić information content (AvgIpc) is 1.98. The molecule has 13 heavy (non-hydrogen) atoms. The van der Waals surface area contributed by atoms with E-state index in [0.717, 1.165) is 19.3 Å². The van der Waals surface area contributed by atoms with Crippen molar-refractivity contribution in [1.82, 2.24) is 5.32 Å². The van der Waals surface area contributed by atoms with Gasteiger partial charge in [0, 0.05) is 12.6 Å². The smallest absolute Gasteiger partial charge is 0.0591 e. The van der Waals surface area contributed by atoms with Gasteiger partial charge in [0.05, 0.1) is 12.2 Å². The van der Waals surface area contributed by atoms with Crippen LogP contribution in [0, 0.1) is 0 Å². The molecule has 0 heterocycles. The number of nitrogens with one attached hydrogen (secondary N) is 1. The first kappa shape index (κ1) is 12.9. The lowest BCUT2D eigenvalue weighted by molar-refractivity contribution is 0.0674. The zero-order valence-corrected chi connectivity index (χ0v) is 9.01. The van der Waals surface area contributed by atoms with Crippen LogP contribution < -0.4 is 5.32 Å². The van der Waals surface area contributed by atoms with Crippen molar-refractivity contribution in [2.45, 2.75) is 51.7 Å². The normalized spacial score (nSPS) is 14.5. The van der Waals surface area contributed by atoms with Crippen LogP contribution in [0.4, 0.5) is 0 Å². The third-order valence-electron chi connectivity index (χ3n) is 2.03. The number of aliphatic hydroxyl groups is 2. The molecule has 0 fully saturated rings. The Morgan fingerprint density at radius 2 is 2.00 bits per heavy atom. The summed E-state index contributed by atoms with van der Waals surface area (Å²) in [6, 6.07) is 0.425. The van der Waals surface area contributed by atoms with Crippen LogP contribution in [0.2, 0.25) is 0 Å². The lowest BCUT2D eigenvalue weighted by Gasteiger charge is -2.18. The van der Waals surface area contributed by atoms with Gasteiger partial charge in [0.1, 0.15) is 0 Å². The summed E-state index contributed by atoms with van der Waals surface area (Å²) in [5.41, 5.74) is -0.545. The van der Waals surface area contributed by atoms with Crippen LogP contribution in [0.25, 0.3) is 0 Å². The molecular formula is C10H23NO2. The predicted molar refractivity (Wildman–Crippen MR) is 54.7 cm³/mol. The summed E-state index contributed by atoms with van der Waals surface area (Å²) in [4.78, 5) is 0. The average molecular weight is 189 g/mol. The third kappa shape index (κ3) is 9.80. The number of aliphatic hydroxyl groups excluding tert-OH is 1. The summed E-state index contributed by atoms with van der Waals surface area (Å²) >= 11 is 0. The fraction of sp³-hybridized carbons (Fsp3) is 1.00. The van der Waals surface area contributed by atoms with E-state index in [-0.39, 0.29) is 6.61 Å². The molecule has 0 spiro atoms. The van der Waals surface area contributed by atoms with Crippen molar-refractivity contribution in [2.24, 2.45) is 0 Å². The lowest BCUT2D eigenvalue weighted by atomic mass is 10.00. The summed E-state index contributed by atoms with van der Waals surface area (Å²) in [5, 5.41) is 21.2. The van der Waals surface area contributed by atoms with Gasteiger partial charge in [0.15, 0.2) is 0 Å². The van der Waals surface area contributed by atoms with Gasteiger partial charge in [-0.3, -0.25) is 0 Å². The zero-order valence-electron chi connectivity index (χ0n) is 9.01. The van der Waals surface area contributed by atoms with Crippen LogP contribution in [-0.2, 0) is 0 Å². The van der Waals surface area contributed by atoms with Gasteiger partial charge in [0.2, 0.25) is 0 Å². The Hall–Kier alpha value is -0.120. The van der Waals surface area contributed by atoms with Gasteiger partial charge in [0.25, 0.3) is 0 Å². The van der Waals surface area contributed by atoms with E-state index in [1.807, 2.05) is 13.8 Å². The quantitative estimate of drug-likeness (QED) is 0.557. The summed E-state index contributed by atoms with van der Waals surface area (Å²) in [7, 11) is 0. The van der Waals surface area contributed by atoms with Gasteiger partial charge in [-0.2, -0.15) is 0 Å². The summed E-state index contributed by atoms with van der Waals surface area (Å²) in [5.74, 6) is 0. The minimum Gasteiger partial charge on any atom is -0.395 e. The molecule has 0 rings (SSSR count). The van der Waals surface area contributed by atoms with Crippen LogP contribution >= 0.6 is 0 Å². The van der Waals surface area contributed by atoms with Gasteiger partial charge < -0.3 is 15.5 Å². The Labute approximate surface area is 81.2 Å². The second-order valence-corrected chi connectivity index (χ2v) is 4.28. The first-order chi connectivity index (χ1) is 5.95. The molecule has 3 heteroatoms. The molecule has 0 radical (unpaired) electrons. The van der Waals surface area contributed by atoms with E-state index >= 15 is 0 Å². The molecule has 1 atom stereocenters. The van der Waals surface area contributed by atoms with Crippen molar-refractivity contribution in [2.75, 3.05) is 13.2 Å². The molecule has 0 aliphatic carbocycles. The highest BCUT2D eigenvalue weighted by molar-refractivity contribution is 4.67. The van der Waals surface area contributed by atoms with Gasteiger partial charge >= 0.3 is 0 Å². The van der Waals surface area contributed by atoms with Crippen molar-refractivity contribution in [3.8, 4) is 0 Å². The fourth-order valence-electron chi connectivity index (χ4n) is 1.25. The predicted octanol–water partition coefficient (Wildman–Crippen LogP) is 0.898. The van der Waals surface area contributed by atoms with Crippen LogP contribution in [0.1, 0.15) is 40.0 Å². The van der Waals surface area contributed by atoms with Crippen LogP contribution in [0.5, 0.6) is 0 Å². The number of hydrogen-bond acceptors (Lipinski definition) is 3. The molecule has 0 aromatic rings. The van der Waals surface area contributed by atoms with E-state index < -0.39 is 5.60 Å². The van der Waals surface area contributed by atoms with Gasteiger partial charge in [-0.15, -0.1) is 0 Å². The first-order valence-corrected chi connectivity index (χ1v) is 5.02. The highest BCUT2D eigenvalue weighted by Gasteiger charge is 2.12. The lowest BCUT2D eigenvalue weighted by Crippen LogP contribution is -2.29. The molecule has 0 aliphatic rings. The number of hydrogen-bond donors (Lipinski definition) is 3.